The average Bonchev–Trinajstić information content (AvgIpc) is 2.69. The number of nitrogens with zero attached hydrogens (tertiary/aromatic N) is 2. The van der Waals surface area contributed by atoms with Crippen LogP contribution in [-0.4, -0.2) is 55.5 Å². The van der Waals surface area contributed by atoms with Crippen LogP contribution in [0.4, 0.5) is 8.78 Å². The van der Waals surface area contributed by atoms with E-state index in [0.717, 1.165) is 17.0 Å². The zero-order valence-corrected chi connectivity index (χ0v) is 17.0. The normalized spacial score (nSPS) is 15.6. The number of amides is 1. The topological polar surface area (TPSA) is 57.7 Å². The molecule has 1 fully saturated rings. The average molecular weight is 447 g/mol. The Balaban J connectivity index is 1.56. The summed E-state index contributed by atoms with van der Waals surface area (Å²) < 4.78 is 52.8. The van der Waals surface area contributed by atoms with Gasteiger partial charge in [0.1, 0.15) is 11.6 Å². The van der Waals surface area contributed by atoms with Gasteiger partial charge < -0.3 is 4.90 Å². The third-order valence-corrected chi connectivity index (χ3v) is 7.48. The lowest BCUT2D eigenvalue weighted by molar-refractivity contribution is -0.129. The summed E-state index contributed by atoms with van der Waals surface area (Å²) in [7, 11) is -3.81. The van der Waals surface area contributed by atoms with Crippen LogP contribution in [-0.2, 0) is 14.8 Å². The second-order valence-corrected chi connectivity index (χ2v) is 9.50. The van der Waals surface area contributed by atoms with Gasteiger partial charge in [-0.05, 0) is 42.5 Å². The highest BCUT2D eigenvalue weighted by molar-refractivity contribution is 8.00. The van der Waals surface area contributed by atoms with E-state index in [0.29, 0.717) is 0 Å². The number of halogens is 3. The summed E-state index contributed by atoms with van der Waals surface area (Å²) in [4.78, 5) is 14.7. The predicted octanol–water partition coefficient (Wildman–Crippen LogP) is 3.24. The Morgan fingerprint density at radius 2 is 1.68 bits per heavy atom. The molecule has 1 aliphatic heterocycles. The highest BCUT2D eigenvalue weighted by Gasteiger charge is 2.30. The molecule has 0 atom stereocenters. The van der Waals surface area contributed by atoms with E-state index in [1.54, 1.807) is 17.0 Å². The van der Waals surface area contributed by atoms with Gasteiger partial charge in [-0.2, -0.15) is 4.31 Å². The molecule has 28 heavy (non-hydrogen) atoms. The first-order valence-corrected chi connectivity index (χ1v) is 11.2. The molecule has 10 heteroatoms. The van der Waals surface area contributed by atoms with Crippen LogP contribution in [0.3, 0.4) is 0 Å². The third-order valence-electron chi connectivity index (χ3n) is 4.30. The second-order valence-electron chi connectivity index (χ2n) is 6.10. The van der Waals surface area contributed by atoms with Gasteiger partial charge in [-0.1, -0.05) is 11.6 Å². The monoisotopic (exact) mass is 446 g/mol. The van der Waals surface area contributed by atoms with Crippen molar-refractivity contribution >= 4 is 39.3 Å². The molecule has 1 heterocycles. The minimum atomic E-state index is -3.81. The van der Waals surface area contributed by atoms with E-state index in [1.807, 2.05) is 0 Å². The number of thioether (sulfide) groups is 1. The molecule has 1 saturated heterocycles. The molecule has 150 valence electrons. The number of piperazine rings is 1. The molecular formula is C18H17ClF2N2O3S2. The predicted molar refractivity (Wildman–Crippen MR) is 104 cm³/mol. The minimum absolute atomic E-state index is 0.0782. The Hall–Kier alpha value is -1.68. The molecule has 1 aliphatic rings. The summed E-state index contributed by atoms with van der Waals surface area (Å²) in [6.45, 7) is 0.808. The molecule has 0 radical (unpaired) electrons. The van der Waals surface area contributed by atoms with Crippen molar-refractivity contribution in [2.24, 2.45) is 0 Å². The van der Waals surface area contributed by atoms with Crippen molar-refractivity contribution in [1.82, 2.24) is 9.21 Å². The molecule has 0 N–H and O–H groups in total. The Morgan fingerprint density at radius 3 is 2.29 bits per heavy atom. The van der Waals surface area contributed by atoms with Crippen molar-refractivity contribution in [3.05, 3.63) is 59.1 Å². The van der Waals surface area contributed by atoms with Gasteiger partial charge in [0.25, 0.3) is 0 Å². The van der Waals surface area contributed by atoms with E-state index < -0.39 is 15.8 Å². The number of hydrogen-bond donors (Lipinski definition) is 0. The van der Waals surface area contributed by atoms with Gasteiger partial charge in [0.15, 0.2) is 0 Å². The van der Waals surface area contributed by atoms with Gasteiger partial charge in [0.05, 0.1) is 15.7 Å². The molecule has 2 aromatic rings. The maximum Gasteiger partial charge on any atom is 0.243 e. The highest BCUT2D eigenvalue weighted by Crippen LogP contribution is 2.24. The van der Waals surface area contributed by atoms with Crippen LogP contribution in [0.2, 0.25) is 5.02 Å². The van der Waals surface area contributed by atoms with E-state index in [1.165, 1.54) is 34.3 Å². The first kappa shape index (κ1) is 21.0. The first-order valence-electron chi connectivity index (χ1n) is 8.39. The summed E-state index contributed by atoms with van der Waals surface area (Å²) in [6.07, 6.45) is 0. The van der Waals surface area contributed by atoms with Gasteiger partial charge in [-0.15, -0.1) is 11.8 Å². The third kappa shape index (κ3) is 4.83. The van der Waals surface area contributed by atoms with E-state index >= 15 is 0 Å². The largest absolute Gasteiger partial charge is 0.339 e. The fourth-order valence-electron chi connectivity index (χ4n) is 2.73. The van der Waals surface area contributed by atoms with Crippen LogP contribution in [0, 0.1) is 11.6 Å². The highest BCUT2D eigenvalue weighted by atomic mass is 35.5. The fraction of sp³-hybridized carbons (Fsp3) is 0.278. The summed E-state index contributed by atoms with van der Waals surface area (Å²) in [5, 5.41) is -0.257. The molecular weight excluding hydrogens is 430 g/mol. The van der Waals surface area contributed by atoms with Crippen molar-refractivity contribution in [2.45, 2.75) is 9.79 Å². The van der Waals surface area contributed by atoms with Crippen molar-refractivity contribution in [1.29, 1.82) is 0 Å². The summed E-state index contributed by atoms with van der Waals surface area (Å²) in [5.41, 5.74) is 0. The second kappa shape index (κ2) is 8.77. The van der Waals surface area contributed by atoms with Gasteiger partial charge >= 0.3 is 0 Å². The van der Waals surface area contributed by atoms with Crippen LogP contribution >= 0.6 is 23.4 Å². The van der Waals surface area contributed by atoms with E-state index in [2.05, 4.69) is 0 Å². The molecule has 5 nitrogen and oxygen atoms in total. The molecule has 2 aromatic carbocycles. The van der Waals surface area contributed by atoms with Gasteiger partial charge in [-0.25, -0.2) is 17.2 Å². The lowest BCUT2D eigenvalue weighted by Crippen LogP contribution is -2.50. The van der Waals surface area contributed by atoms with E-state index in [4.69, 9.17) is 11.6 Å². The summed E-state index contributed by atoms with van der Waals surface area (Å²) in [6, 6.07) is 9.14. The van der Waals surface area contributed by atoms with Crippen LogP contribution in [0.1, 0.15) is 0 Å². The Morgan fingerprint density at radius 1 is 1.04 bits per heavy atom. The van der Waals surface area contributed by atoms with Crippen molar-refractivity contribution in [3.63, 3.8) is 0 Å². The molecule has 0 aromatic heterocycles. The Bertz CT molecular complexity index is 963. The number of carbonyl (C=O) groups excluding carboxylic acids is 1. The van der Waals surface area contributed by atoms with E-state index in [9.17, 15) is 22.0 Å². The van der Waals surface area contributed by atoms with Crippen molar-refractivity contribution in [3.8, 4) is 0 Å². The van der Waals surface area contributed by atoms with Crippen molar-refractivity contribution < 1.29 is 22.0 Å². The maximum atomic E-state index is 13.3. The SMILES string of the molecule is O=C(CSc1ccc(F)cc1)N1CCN(S(=O)(=O)c2ccc(F)c(Cl)c2)CC1. The van der Waals surface area contributed by atoms with Crippen molar-refractivity contribution in [2.75, 3.05) is 31.9 Å². The zero-order valence-electron chi connectivity index (χ0n) is 14.6. The lowest BCUT2D eigenvalue weighted by atomic mass is 10.3. The number of hydrogen-bond acceptors (Lipinski definition) is 4. The lowest BCUT2D eigenvalue weighted by Gasteiger charge is -2.34. The number of rotatable bonds is 5. The van der Waals surface area contributed by atoms with Gasteiger partial charge in [0, 0.05) is 31.1 Å². The standard InChI is InChI=1S/C18H17ClF2N2O3S2/c19-16-11-15(5-6-17(16)21)28(25,26)23-9-7-22(8-10-23)18(24)12-27-14-3-1-13(20)2-4-14/h1-6,11H,7-10,12H2. The maximum absolute atomic E-state index is 13.3. The molecule has 3 rings (SSSR count). The number of benzene rings is 2. The smallest absolute Gasteiger partial charge is 0.243 e. The van der Waals surface area contributed by atoms with Crippen LogP contribution in [0.15, 0.2) is 52.3 Å². The molecule has 0 spiro atoms. The Kier molecular flexibility index (Phi) is 6.59. The molecule has 1 amide bonds. The van der Waals surface area contributed by atoms with Crippen LogP contribution < -0.4 is 0 Å². The zero-order chi connectivity index (χ0) is 20.3. The first-order chi connectivity index (χ1) is 13.3. The fourth-order valence-corrected chi connectivity index (χ4v) is 5.23. The number of carbonyl (C=O) groups is 1. The van der Waals surface area contributed by atoms with Crippen LogP contribution in [0.5, 0.6) is 0 Å². The quantitative estimate of drug-likeness (QED) is 0.661. The summed E-state index contributed by atoms with van der Waals surface area (Å²) in [5.74, 6) is -0.951. The molecule has 0 unspecified atom stereocenters. The molecule has 0 saturated carbocycles. The molecule has 0 bridgehead atoms. The molecule has 0 aliphatic carbocycles. The minimum Gasteiger partial charge on any atom is -0.339 e. The number of sulfonamides is 1. The van der Waals surface area contributed by atoms with Gasteiger partial charge in [0.2, 0.25) is 15.9 Å². The van der Waals surface area contributed by atoms with Crippen LogP contribution in [0.25, 0.3) is 0 Å². The van der Waals surface area contributed by atoms with E-state index in [-0.39, 0.29) is 53.6 Å². The van der Waals surface area contributed by atoms with Gasteiger partial charge in [-0.3, -0.25) is 4.79 Å². The summed E-state index contributed by atoms with van der Waals surface area (Å²) >= 11 is 6.98. The Labute approximate surface area is 171 Å².